The van der Waals surface area contributed by atoms with Crippen LogP contribution in [0.2, 0.25) is 0 Å². The zero-order chi connectivity index (χ0) is 12.1. The van der Waals surface area contributed by atoms with Crippen molar-refractivity contribution in [3.8, 4) is 5.88 Å². The van der Waals surface area contributed by atoms with Gasteiger partial charge >= 0.3 is 0 Å². The van der Waals surface area contributed by atoms with Crippen molar-refractivity contribution in [2.45, 2.75) is 31.7 Å². The summed E-state index contributed by atoms with van der Waals surface area (Å²) in [5, 5.41) is 1.07. The van der Waals surface area contributed by atoms with E-state index >= 15 is 0 Å². The Bertz CT molecular complexity index is 361. The predicted molar refractivity (Wildman–Crippen MR) is 72.0 cm³/mol. The minimum atomic E-state index is 0.591. The molecule has 1 unspecified atom stereocenters. The van der Waals surface area contributed by atoms with E-state index in [0.717, 1.165) is 17.7 Å². The molecule has 94 valence electrons. The minimum Gasteiger partial charge on any atom is -0.480 e. The molecular weight excluding hydrogens is 282 g/mol. The Morgan fingerprint density at radius 3 is 3.18 bits per heavy atom. The van der Waals surface area contributed by atoms with Crippen LogP contribution in [0.1, 0.15) is 25.7 Å². The SMILES string of the molecule is COc1cncc(N2CCCC2CCCBr)n1. The summed E-state index contributed by atoms with van der Waals surface area (Å²) >= 11 is 3.49. The Balaban J connectivity index is 2.08. The normalized spacial score (nSPS) is 19.6. The molecule has 0 aromatic carbocycles. The second kappa shape index (κ2) is 6.19. The average molecular weight is 300 g/mol. The number of halogens is 1. The number of rotatable bonds is 5. The first-order valence-corrected chi connectivity index (χ1v) is 7.16. The number of aromatic nitrogens is 2. The van der Waals surface area contributed by atoms with E-state index < -0.39 is 0 Å². The van der Waals surface area contributed by atoms with Crippen molar-refractivity contribution >= 4 is 21.7 Å². The van der Waals surface area contributed by atoms with Crippen LogP contribution in [0.3, 0.4) is 0 Å². The number of alkyl halides is 1. The van der Waals surface area contributed by atoms with Gasteiger partial charge in [-0.25, -0.2) is 0 Å². The van der Waals surface area contributed by atoms with Gasteiger partial charge in [0.05, 0.1) is 19.5 Å². The van der Waals surface area contributed by atoms with Gasteiger partial charge in [0.25, 0.3) is 0 Å². The molecule has 1 saturated heterocycles. The zero-order valence-corrected chi connectivity index (χ0v) is 11.7. The van der Waals surface area contributed by atoms with Crippen LogP contribution in [0.25, 0.3) is 0 Å². The third-order valence-corrected chi connectivity index (χ3v) is 3.71. The van der Waals surface area contributed by atoms with Crippen LogP contribution in [-0.2, 0) is 0 Å². The Hall–Kier alpha value is -0.840. The van der Waals surface area contributed by atoms with Gasteiger partial charge in [-0.3, -0.25) is 4.98 Å². The van der Waals surface area contributed by atoms with Crippen molar-refractivity contribution in [1.29, 1.82) is 0 Å². The standard InChI is InChI=1S/C12H18BrN3O/c1-17-12-9-14-8-11(15-12)16-7-3-5-10(16)4-2-6-13/h8-10H,2-7H2,1H3. The summed E-state index contributed by atoms with van der Waals surface area (Å²) in [6, 6.07) is 0.606. The lowest BCUT2D eigenvalue weighted by Gasteiger charge is -2.25. The van der Waals surface area contributed by atoms with Crippen LogP contribution in [0.5, 0.6) is 5.88 Å². The van der Waals surface area contributed by atoms with E-state index in [-0.39, 0.29) is 0 Å². The fourth-order valence-electron chi connectivity index (χ4n) is 2.33. The summed E-state index contributed by atoms with van der Waals surface area (Å²) in [5.74, 6) is 1.54. The maximum absolute atomic E-state index is 5.12. The molecule has 1 atom stereocenters. The highest BCUT2D eigenvalue weighted by atomic mass is 79.9. The third-order valence-electron chi connectivity index (χ3n) is 3.15. The molecule has 1 aromatic rings. The molecule has 2 heterocycles. The summed E-state index contributed by atoms with van der Waals surface area (Å²) in [7, 11) is 1.63. The molecular formula is C12H18BrN3O. The summed E-state index contributed by atoms with van der Waals surface area (Å²) < 4.78 is 5.12. The molecule has 5 heteroatoms. The number of anilines is 1. The van der Waals surface area contributed by atoms with E-state index in [9.17, 15) is 0 Å². The van der Waals surface area contributed by atoms with Crippen molar-refractivity contribution in [2.75, 3.05) is 23.9 Å². The summed E-state index contributed by atoms with van der Waals surface area (Å²) in [6.45, 7) is 1.08. The molecule has 0 saturated carbocycles. The Morgan fingerprint density at radius 2 is 2.41 bits per heavy atom. The van der Waals surface area contributed by atoms with E-state index in [1.807, 2.05) is 6.20 Å². The lowest BCUT2D eigenvalue weighted by Crippen LogP contribution is -2.30. The van der Waals surface area contributed by atoms with E-state index in [4.69, 9.17) is 4.74 Å². The van der Waals surface area contributed by atoms with Crippen LogP contribution < -0.4 is 9.64 Å². The van der Waals surface area contributed by atoms with Gasteiger partial charge in [0.1, 0.15) is 0 Å². The highest BCUT2D eigenvalue weighted by molar-refractivity contribution is 9.09. The topological polar surface area (TPSA) is 38.2 Å². The summed E-state index contributed by atoms with van der Waals surface area (Å²) in [5.41, 5.74) is 0. The first kappa shape index (κ1) is 12.6. The molecule has 0 N–H and O–H groups in total. The van der Waals surface area contributed by atoms with Crippen LogP contribution in [-0.4, -0.2) is 35.0 Å². The Kier molecular flexibility index (Phi) is 4.59. The van der Waals surface area contributed by atoms with E-state index in [1.165, 1.54) is 25.7 Å². The van der Waals surface area contributed by atoms with Crippen molar-refractivity contribution in [1.82, 2.24) is 9.97 Å². The van der Waals surface area contributed by atoms with Gasteiger partial charge in [0.2, 0.25) is 5.88 Å². The second-order valence-corrected chi connectivity index (χ2v) is 5.03. The van der Waals surface area contributed by atoms with Crippen LogP contribution in [0.15, 0.2) is 12.4 Å². The average Bonchev–Trinajstić information content (AvgIpc) is 2.84. The van der Waals surface area contributed by atoms with Crippen molar-refractivity contribution in [3.63, 3.8) is 0 Å². The smallest absolute Gasteiger partial charge is 0.233 e. The van der Waals surface area contributed by atoms with Gasteiger partial charge in [0.15, 0.2) is 5.82 Å². The van der Waals surface area contributed by atoms with Crippen LogP contribution in [0.4, 0.5) is 5.82 Å². The lowest BCUT2D eigenvalue weighted by molar-refractivity contribution is 0.395. The molecule has 1 aliphatic heterocycles. The predicted octanol–water partition coefficient (Wildman–Crippen LogP) is 2.63. The first-order chi connectivity index (χ1) is 8.35. The molecule has 2 rings (SSSR count). The number of methoxy groups -OCH3 is 1. The van der Waals surface area contributed by atoms with Gasteiger partial charge in [-0.1, -0.05) is 15.9 Å². The van der Waals surface area contributed by atoms with Crippen LogP contribution >= 0.6 is 15.9 Å². The number of ether oxygens (including phenoxy) is 1. The molecule has 4 nitrogen and oxygen atoms in total. The fourth-order valence-corrected chi connectivity index (χ4v) is 2.65. The van der Waals surface area contributed by atoms with Gasteiger partial charge in [-0.2, -0.15) is 4.98 Å². The molecule has 0 amide bonds. The van der Waals surface area contributed by atoms with Gasteiger partial charge < -0.3 is 9.64 Å². The fraction of sp³-hybridized carbons (Fsp3) is 0.667. The second-order valence-electron chi connectivity index (χ2n) is 4.24. The maximum atomic E-state index is 5.12. The molecule has 0 aliphatic carbocycles. The van der Waals surface area contributed by atoms with E-state index in [1.54, 1.807) is 13.3 Å². The molecule has 1 fully saturated rings. The van der Waals surface area contributed by atoms with Crippen molar-refractivity contribution in [3.05, 3.63) is 12.4 Å². The zero-order valence-electron chi connectivity index (χ0n) is 10.1. The molecule has 0 spiro atoms. The highest BCUT2D eigenvalue weighted by Crippen LogP contribution is 2.27. The number of hydrogen-bond donors (Lipinski definition) is 0. The van der Waals surface area contributed by atoms with Gasteiger partial charge in [0, 0.05) is 17.9 Å². The van der Waals surface area contributed by atoms with Crippen molar-refractivity contribution < 1.29 is 4.74 Å². The highest BCUT2D eigenvalue weighted by Gasteiger charge is 2.25. The van der Waals surface area contributed by atoms with Gasteiger partial charge in [-0.15, -0.1) is 0 Å². The molecule has 0 radical (unpaired) electrons. The summed E-state index contributed by atoms with van der Waals surface area (Å²) in [4.78, 5) is 11.0. The quantitative estimate of drug-likeness (QED) is 0.784. The number of hydrogen-bond acceptors (Lipinski definition) is 4. The monoisotopic (exact) mass is 299 g/mol. The Labute approximate surface area is 111 Å². The van der Waals surface area contributed by atoms with E-state index in [2.05, 4.69) is 30.8 Å². The molecule has 1 aromatic heterocycles. The Morgan fingerprint density at radius 1 is 1.53 bits per heavy atom. The first-order valence-electron chi connectivity index (χ1n) is 6.04. The minimum absolute atomic E-state index is 0.591. The third kappa shape index (κ3) is 3.09. The van der Waals surface area contributed by atoms with Crippen LogP contribution in [0, 0.1) is 0 Å². The van der Waals surface area contributed by atoms with Gasteiger partial charge in [-0.05, 0) is 25.7 Å². The molecule has 0 bridgehead atoms. The van der Waals surface area contributed by atoms with Crippen molar-refractivity contribution in [2.24, 2.45) is 0 Å². The molecule has 1 aliphatic rings. The maximum Gasteiger partial charge on any atom is 0.233 e. The lowest BCUT2D eigenvalue weighted by atomic mass is 10.1. The molecule has 17 heavy (non-hydrogen) atoms. The van der Waals surface area contributed by atoms with E-state index in [0.29, 0.717) is 11.9 Å². The summed E-state index contributed by atoms with van der Waals surface area (Å²) in [6.07, 6.45) is 8.39. The number of nitrogens with zero attached hydrogens (tertiary/aromatic N) is 3. The largest absolute Gasteiger partial charge is 0.480 e.